The maximum Gasteiger partial charge on any atom is 0.133 e. The molecule has 2 aromatic carbocycles. The summed E-state index contributed by atoms with van der Waals surface area (Å²) in [5.41, 5.74) is 3.46. The SMILES string of the molecule is COc1cc(C)cc(-c2ccccc2Br)c1Br. The summed E-state index contributed by atoms with van der Waals surface area (Å²) in [5.74, 6) is 0.857. The van der Waals surface area contributed by atoms with E-state index in [1.807, 2.05) is 24.3 Å². The molecule has 0 aliphatic rings. The van der Waals surface area contributed by atoms with Crippen LogP contribution in [-0.2, 0) is 0 Å². The van der Waals surface area contributed by atoms with Gasteiger partial charge in [0.25, 0.3) is 0 Å². The molecule has 0 aliphatic heterocycles. The van der Waals surface area contributed by atoms with Crippen molar-refractivity contribution in [2.75, 3.05) is 7.11 Å². The van der Waals surface area contributed by atoms with E-state index < -0.39 is 0 Å². The van der Waals surface area contributed by atoms with Gasteiger partial charge in [-0.2, -0.15) is 0 Å². The van der Waals surface area contributed by atoms with Crippen molar-refractivity contribution < 1.29 is 4.74 Å². The Labute approximate surface area is 118 Å². The van der Waals surface area contributed by atoms with Crippen LogP contribution in [0.5, 0.6) is 5.75 Å². The van der Waals surface area contributed by atoms with Crippen LogP contribution in [-0.4, -0.2) is 7.11 Å². The van der Waals surface area contributed by atoms with E-state index in [0.29, 0.717) is 0 Å². The second-order valence-corrected chi connectivity index (χ2v) is 5.46. The first-order chi connectivity index (χ1) is 8.13. The third kappa shape index (κ3) is 2.55. The van der Waals surface area contributed by atoms with E-state index in [1.165, 1.54) is 5.56 Å². The minimum atomic E-state index is 0.857. The summed E-state index contributed by atoms with van der Waals surface area (Å²) >= 11 is 7.18. The number of methoxy groups -OCH3 is 1. The van der Waals surface area contributed by atoms with E-state index in [-0.39, 0.29) is 0 Å². The van der Waals surface area contributed by atoms with Gasteiger partial charge in [-0.3, -0.25) is 0 Å². The molecule has 0 spiro atoms. The van der Waals surface area contributed by atoms with E-state index in [0.717, 1.165) is 25.8 Å². The van der Waals surface area contributed by atoms with Crippen LogP contribution >= 0.6 is 31.9 Å². The monoisotopic (exact) mass is 354 g/mol. The lowest BCUT2D eigenvalue weighted by molar-refractivity contribution is 0.412. The van der Waals surface area contributed by atoms with E-state index in [4.69, 9.17) is 4.74 Å². The normalized spacial score (nSPS) is 10.4. The van der Waals surface area contributed by atoms with Gasteiger partial charge in [0, 0.05) is 10.0 Å². The summed E-state index contributed by atoms with van der Waals surface area (Å²) in [5, 5.41) is 0. The number of hydrogen-bond donors (Lipinski definition) is 0. The summed E-state index contributed by atoms with van der Waals surface area (Å²) in [7, 11) is 1.68. The molecule has 0 aromatic heterocycles. The van der Waals surface area contributed by atoms with Crippen LogP contribution in [0.2, 0.25) is 0 Å². The first-order valence-electron chi connectivity index (χ1n) is 5.22. The minimum Gasteiger partial charge on any atom is -0.496 e. The minimum absolute atomic E-state index is 0.857. The molecule has 1 nitrogen and oxygen atoms in total. The lowest BCUT2D eigenvalue weighted by atomic mass is 10.0. The molecule has 0 radical (unpaired) electrons. The van der Waals surface area contributed by atoms with Crippen molar-refractivity contribution in [2.45, 2.75) is 6.92 Å². The zero-order chi connectivity index (χ0) is 12.4. The van der Waals surface area contributed by atoms with Crippen molar-refractivity contribution in [1.29, 1.82) is 0 Å². The molecule has 0 atom stereocenters. The second-order valence-electron chi connectivity index (χ2n) is 3.81. The number of aryl methyl sites for hydroxylation is 1. The van der Waals surface area contributed by atoms with Crippen LogP contribution in [0.25, 0.3) is 11.1 Å². The Bertz CT molecular complexity index is 550. The maximum absolute atomic E-state index is 5.37. The molecule has 0 saturated heterocycles. The van der Waals surface area contributed by atoms with Gasteiger partial charge in [-0.15, -0.1) is 0 Å². The average molecular weight is 356 g/mol. The number of benzene rings is 2. The number of halogens is 2. The van der Waals surface area contributed by atoms with Gasteiger partial charge >= 0.3 is 0 Å². The summed E-state index contributed by atoms with van der Waals surface area (Å²) in [4.78, 5) is 0. The molecular formula is C14H12Br2O. The van der Waals surface area contributed by atoms with Crippen molar-refractivity contribution in [3.05, 3.63) is 50.9 Å². The lowest BCUT2D eigenvalue weighted by Crippen LogP contribution is -1.90. The predicted molar refractivity (Wildman–Crippen MR) is 78.6 cm³/mol. The Morgan fingerprint density at radius 3 is 2.35 bits per heavy atom. The molecule has 2 aromatic rings. The highest BCUT2D eigenvalue weighted by Crippen LogP contribution is 2.39. The topological polar surface area (TPSA) is 9.23 Å². The van der Waals surface area contributed by atoms with E-state index in [2.05, 4.69) is 50.9 Å². The van der Waals surface area contributed by atoms with Crippen LogP contribution in [0.15, 0.2) is 45.3 Å². The molecule has 0 bridgehead atoms. The Hall–Kier alpha value is -0.800. The quantitative estimate of drug-likeness (QED) is 0.719. The van der Waals surface area contributed by atoms with E-state index in [9.17, 15) is 0 Å². The lowest BCUT2D eigenvalue weighted by Gasteiger charge is -2.12. The second kappa shape index (κ2) is 5.23. The van der Waals surface area contributed by atoms with Crippen LogP contribution < -0.4 is 4.74 Å². The Morgan fingerprint density at radius 1 is 1.00 bits per heavy atom. The molecule has 0 N–H and O–H groups in total. The smallest absolute Gasteiger partial charge is 0.133 e. The predicted octanol–water partition coefficient (Wildman–Crippen LogP) is 5.20. The zero-order valence-corrected chi connectivity index (χ0v) is 12.8. The van der Waals surface area contributed by atoms with Gasteiger partial charge in [0.2, 0.25) is 0 Å². The van der Waals surface area contributed by atoms with Gasteiger partial charge in [0.15, 0.2) is 0 Å². The number of rotatable bonds is 2. The Morgan fingerprint density at radius 2 is 1.71 bits per heavy atom. The molecule has 3 heteroatoms. The zero-order valence-electron chi connectivity index (χ0n) is 9.63. The largest absolute Gasteiger partial charge is 0.496 e. The molecule has 0 heterocycles. The highest BCUT2D eigenvalue weighted by atomic mass is 79.9. The summed E-state index contributed by atoms with van der Waals surface area (Å²) in [6.45, 7) is 2.06. The molecule has 0 unspecified atom stereocenters. The molecule has 0 fully saturated rings. The molecule has 2 rings (SSSR count). The van der Waals surface area contributed by atoms with Crippen LogP contribution in [0.4, 0.5) is 0 Å². The Balaban J connectivity index is 2.67. The fourth-order valence-corrected chi connectivity index (χ4v) is 2.86. The fourth-order valence-electron chi connectivity index (χ4n) is 1.76. The third-order valence-corrected chi connectivity index (χ3v) is 4.08. The van der Waals surface area contributed by atoms with Crippen LogP contribution in [0.1, 0.15) is 5.56 Å². The van der Waals surface area contributed by atoms with Crippen molar-refractivity contribution in [3.8, 4) is 16.9 Å². The molecule has 0 saturated carbocycles. The molecule has 17 heavy (non-hydrogen) atoms. The van der Waals surface area contributed by atoms with E-state index in [1.54, 1.807) is 7.11 Å². The number of hydrogen-bond acceptors (Lipinski definition) is 1. The Kier molecular flexibility index (Phi) is 3.89. The van der Waals surface area contributed by atoms with Crippen molar-refractivity contribution >= 4 is 31.9 Å². The third-order valence-electron chi connectivity index (χ3n) is 2.57. The summed E-state index contributed by atoms with van der Waals surface area (Å²) < 4.78 is 7.43. The van der Waals surface area contributed by atoms with Crippen molar-refractivity contribution in [2.24, 2.45) is 0 Å². The first-order valence-corrected chi connectivity index (χ1v) is 6.81. The molecule has 0 amide bonds. The van der Waals surface area contributed by atoms with E-state index >= 15 is 0 Å². The molecule has 88 valence electrons. The molecule has 0 aliphatic carbocycles. The van der Waals surface area contributed by atoms with Gasteiger partial charge < -0.3 is 4.74 Å². The number of ether oxygens (including phenoxy) is 1. The van der Waals surface area contributed by atoms with Gasteiger partial charge in [-0.1, -0.05) is 34.1 Å². The van der Waals surface area contributed by atoms with Crippen LogP contribution in [0.3, 0.4) is 0 Å². The molecular weight excluding hydrogens is 344 g/mol. The highest BCUT2D eigenvalue weighted by Gasteiger charge is 2.11. The first kappa shape index (κ1) is 12.7. The average Bonchev–Trinajstić information content (AvgIpc) is 2.32. The van der Waals surface area contributed by atoms with Crippen molar-refractivity contribution in [3.63, 3.8) is 0 Å². The standard InChI is InChI=1S/C14H12Br2O/c1-9-7-11(14(16)13(8-9)17-2)10-5-3-4-6-12(10)15/h3-8H,1-2H3. The summed E-state index contributed by atoms with van der Waals surface area (Å²) in [6.07, 6.45) is 0. The highest BCUT2D eigenvalue weighted by molar-refractivity contribution is 9.11. The van der Waals surface area contributed by atoms with Crippen molar-refractivity contribution in [1.82, 2.24) is 0 Å². The maximum atomic E-state index is 5.37. The fraction of sp³-hybridized carbons (Fsp3) is 0.143. The van der Waals surface area contributed by atoms with Gasteiger partial charge in [0.1, 0.15) is 5.75 Å². The van der Waals surface area contributed by atoms with Gasteiger partial charge in [-0.05, 0) is 52.2 Å². The van der Waals surface area contributed by atoms with Gasteiger partial charge in [0.05, 0.1) is 11.6 Å². The van der Waals surface area contributed by atoms with Crippen LogP contribution in [0, 0.1) is 6.92 Å². The summed E-state index contributed by atoms with van der Waals surface area (Å²) in [6, 6.07) is 12.3. The van der Waals surface area contributed by atoms with Gasteiger partial charge in [-0.25, -0.2) is 0 Å².